The Hall–Kier alpha value is -2.18. The minimum Gasteiger partial charge on any atom is -0.461 e. The van der Waals surface area contributed by atoms with Gasteiger partial charge in [0.2, 0.25) is 0 Å². The van der Waals surface area contributed by atoms with Crippen LogP contribution in [0.15, 0.2) is 10.8 Å². The number of oxazole rings is 1. The number of aromatic nitrogens is 4. The number of hydrogen-bond donors (Lipinski definition) is 0. The third-order valence-electron chi connectivity index (χ3n) is 3.35. The van der Waals surface area contributed by atoms with Crippen molar-refractivity contribution < 1.29 is 13.9 Å². The monoisotopic (exact) mass is 276 g/mol. The number of aryl methyl sites for hydroxylation is 1. The zero-order chi connectivity index (χ0) is 14.1. The van der Waals surface area contributed by atoms with Gasteiger partial charge in [0.1, 0.15) is 11.5 Å². The third kappa shape index (κ3) is 2.31. The molecule has 1 saturated carbocycles. The second kappa shape index (κ2) is 5.07. The number of ether oxygens (including phenoxy) is 1. The first-order valence-corrected chi connectivity index (χ1v) is 6.70. The van der Waals surface area contributed by atoms with E-state index in [2.05, 4.69) is 15.3 Å². The zero-order valence-electron chi connectivity index (χ0n) is 11.5. The van der Waals surface area contributed by atoms with Gasteiger partial charge in [0.25, 0.3) is 0 Å². The first-order valence-electron chi connectivity index (χ1n) is 6.70. The molecule has 0 aliphatic heterocycles. The van der Waals surface area contributed by atoms with E-state index in [1.165, 1.54) is 6.39 Å². The highest BCUT2D eigenvalue weighted by molar-refractivity contribution is 5.88. The Bertz CT molecular complexity index is 627. The summed E-state index contributed by atoms with van der Waals surface area (Å²) in [6.07, 6.45) is 3.51. The Morgan fingerprint density at radius 1 is 1.55 bits per heavy atom. The number of esters is 1. The normalized spacial score (nSPS) is 14.5. The van der Waals surface area contributed by atoms with Gasteiger partial charge < -0.3 is 9.15 Å². The Morgan fingerprint density at radius 3 is 2.95 bits per heavy atom. The van der Waals surface area contributed by atoms with Crippen LogP contribution in [0.5, 0.6) is 0 Å². The number of carbonyl (C=O) groups is 1. The molecule has 0 saturated heterocycles. The van der Waals surface area contributed by atoms with Gasteiger partial charge in [0.05, 0.1) is 18.8 Å². The van der Waals surface area contributed by atoms with E-state index in [4.69, 9.17) is 9.15 Å². The van der Waals surface area contributed by atoms with Crippen molar-refractivity contribution in [1.82, 2.24) is 20.0 Å². The van der Waals surface area contributed by atoms with Crippen LogP contribution >= 0.6 is 0 Å². The Labute approximate surface area is 115 Å². The minimum absolute atomic E-state index is 0.329. The summed E-state index contributed by atoms with van der Waals surface area (Å²) in [6.45, 7) is 4.42. The molecule has 20 heavy (non-hydrogen) atoms. The van der Waals surface area contributed by atoms with E-state index in [0.717, 1.165) is 30.0 Å². The molecule has 7 nitrogen and oxygen atoms in total. The molecule has 0 aromatic carbocycles. The summed E-state index contributed by atoms with van der Waals surface area (Å²) in [7, 11) is 0. The molecule has 2 aromatic heterocycles. The lowest BCUT2D eigenvalue weighted by molar-refractivity contribution is 0.0518. The van der Waals surface area contributed by atoms with E-state index in [-0.39, 0.29) is 0 Å². The molecule has 2 aromatic rings. The Kier molecular flexibility index (Phi) is 3.25. The molecule has 106 valence electrons. The van der Waals surface area contributed by atoms with E-state index < -0.39 is 5.97 Å². The van der Waals surface area contributed by atoms with Gasteiger partial charge in [-0.25, -0.2) is 14.5 Å². The molecule has 0 unspecified atom stereocenters. The van der Waals surface area contributed by atoms with Gasteiger partial charge in [-0.05, 0) is 26.7 Å². The summed E-state index contributed by atoms with van der Waals surface area (Å²) in [4.78, 5) is 16.1. The molecule has 0 atom stereocenters. The van der Waals surface area contributed by atoms with Gasteiger partial charge in [-0.15, -0.1) is 5.10 Å². The molecular weight excluding hydrogens is 260 g/mol. The standard InChI is InChI=1S/C13H16N4O3/c1-3-19-13(18)11-12(9-4-5-9)17(16-15-11)6-10-8(2)20-7-14-10/h7,9H,3-6H2,1-2H3. The molecule has 3 rings (SSSR count). The largest absolute Gasteiger partial charge is 0.461 e. The minimum atomic E-state index is -0.405. The smallest absolute Gasteiger partial charge is 0.360 e. The van der Waals surface area contributed by atoms with Crippen molar-refractivity contribution in [2.24, 2.45) is 0 Å². The van der Waals surface area contributed by atoms with Crippen LogP contribution in [0.25, 0.3) is 0 Å². The Morgan fingerprint density at radius 2 is 2.35 bits per heavy atom. The molecule has 0 bridgehead atoms. The average Bonchev–Trinajstić information content (AvgIpc) is 3.06. The third-order valence-corrected chi connectivity index (χ3v) is 3.35. The van der Waals surface area contributed by atoms with Crippen molar-refractivity contribution in [3.05, 3.63) is 29.2 Å². The first-order chi connectivity index (χ1) is 9.70. The fraction of sp³-hybridized carbons (Fsp3) is 0.538. The van der Waals surface area contributed by atoms with Gasteiger partial charge in [0, 0.05) is 5.92 Å². The summed E-state index contributed by atoms with van der Waals surface area (Å²) in [5.74, 6) is 0.689. The van der Waals surface area contributed by atoms with Gasteiger partial charge >= 0.3 is 5.97 Å². The molecule has 0 N–H and O–H groups in total. The summed E-state index contributed by atoms with van der Waals surface area (Å²) in [5.41, 5.74) is 1.98. The summed E-state index contributed by atoms with van der Waals surface area (Å²) < 4.78 is 11.9. The molecule has 2 heterocycles. The van der Waals surface area contributed by atoms with Crippen LogP contribution in [0, 0.1) is 6.92 Å². The topological polar surface area (TPSA) is 83.0 Å². The van der Waals surface area contributed by atoms with E-state index in [9.17, 15) is 4.79 Å². The van der Waals surface area contributed by atoms with Gasteiger partial charge in [-0.2, -0.15) is 0 Å². The maximum atomic E-state index is 11.9. The van der Waals surface area contributed by atoms with Gasteiger partial charge in [-0.1, -0.05) is 5.21 Å². The molecule has 1 aliphatic rings. The molecular formula is C13H16N4O3. The van der Waals surface area contributed by atoms with Crippen molar-refractivity contribution in [3.8, 4) is 0 Å². The van der Waals surface area contributed by atoms with Crippen LogP contribution in [0.3, 0.4) is 0 Å². The van der Waals surface area contributed by atoms with E-state index in [1.54, 1.807) is 11.6 Å². The lowest BCUT2D eigenvalue weighted by Gasteiger charge is -2.05. The maximum Gasteiger partial charge on any atom is 0.360 e. The van der Waals surface area contributed by atoms with Crippen molar-refractivity contribution >= 4 is 5.97 Å². The second-order valence-corrected chi connectivity index (χ2v) is 4.83. The highest BCUT2D eigenvalue weighted by atomic mass is 16.5. The van der Waals surface area contributed by atoms with Crippen molar-refractivity contribution in [2.45, 2.75) is 39.2 Å². The molecule has 1 aliphatic carbocycles. The lowest BCUT2D eigenvalue weighted by atomic mass is 10.2. The van der Waals surface area contributed by atoms with Crippen LogP contribution < -0.4 is 0 Å². The van der Waals surface area contributed by atoms with E-state index >= 15 is 0 Å². The molecule has 1 fully saturated rings. The number of carbonyl (C=O) groups excluding carboxylic acids is 1. The van der Waals surface area contributed by atoms with Crippen LogP contribution in [-0.2, 0) is 11.3 Å². The highest BCUT2D eigenvalue weighted by Crippen LogP contribution is 2.41. The van der Waals surface area contributed by atoms with Gasteiger partial charge in [0.15, 0.2) is 12.1 Å². The second-order valence-electron chi connectivity index (χ2n) is 4.83. The first kappa shape index (κ1) is 12.8. The molecule has 0 radical (unpaired) electrons. The van der Waals surface area contributed by atoms with Crippen LogP contribution in [0.2, 0.25) is 0 Å². The van der Waals surface area contributed by atoms with Gasteiger partial charge in [-0.3, -0.25) is 0 Å². The summed E-state index contributed by atoms with van der Waals surface area (Å²) in [6, 6.07) is 0. The Balaban J connectivity index is 1.91. The SMILES string of the molecule is CCOC(=O)c1nnn(Cc2ncoc2C)c1C1CC1. The zero-order valence-corrected chi connectivity index (χ0v) is 11.5. The van der Waals surface area contributed by atoms with Crippen LogP contribution in [-0.4, -0.2) is 32.6 Å². The average molecular weight is 276 g/mol. The predicted octanol–water partition coefficient (Wildman–Crippen LogP) is 1.68. The van der Waals surface area contributed by atoms with Crippen molar-refractivity contribution in [3.63, 3.8) is 0 Å². The fourth-order valence-electron chi connectivity index (χ4n) is 2.16. The van der Waals surface area contributed by atoms with Crippen molar-refractivity contribution in [2.75, 3.05) is 6.61 Å². The highest BCUT2D eigenvalue weighted by Gasteiger charge is 2.34. The molecule has 0 amide bonds. The molecule has 7 heteroatoms. The number of nitrogens with zero attached hydrogens (tertiary/aromatic N) is 4. The van der Waals surface area contributed by atoms with Crippen molar-refractivity contribution in [1.29, 1.82) is 0 Å². The fourth-order valence-corrected chi connectivity index (χ4v) is 2.16. The summed E-state index contributed by atoms with van der Waals surface area (Å²) in [5, 5.41) is 8.07. The quantitative estimate of drug-likeness (QED) is 0.772. The van der Waals surface area contributed by atoms with Crippen LogP contribution in [0.1, 0.15) is 53.3 Å². The van der Waals surface area contributed by atoms with Crippen LogP contribution in [0.4, 0.5) is 0 Å². The molecule has 0 spiro atoms. The predicted molar refractivity (Wildman–Crippen MR) is 68.3 cm³/mol. The summed E-state index contributed by atoms with van der Waals surface area (Å²) >= 11 is 0. The van der Waals surface area contributed by atoms with E-state index in [1.807, 2.05) is 6.92 Å². The number of hydrogen-bond acceptors (Lipinski definition) is 6. The van der Waals surface area contributed by atoms with E-state index in [0.29, 0.717) is 24.8 Å². The lowest BCUT2D eigenvalue weighted by Crippen LogP contribution is -2.11. The number of rotatable bonds is 5. The maximum absolute atomic E-state index is 11.9.